The van der Waals surface area contributed by atoms with Crippen LogP contribution in [0.4, 0.5) is 0 Å². The minimum Gasteiger partial charge on any atom is -0.494 e. The first-order valence-electron chi connectivity index (χ1n) is 6.16. The van der Waals surface area contributed by atoms with Gasteiger partial charge in [-0.25, -0.2) is 0 Å². The number of nitrogens with zero attached hydrogens (tertiary/aromatic N) is 1. The second kappa shape index (κ2) is 5.07. The Bertz CT molecular complexity index is 851. The van der Waals surface area contributed by atoms with Crippen LogP contribution in [0.5, 0.6) is 5.75 Å². The van der Waals surface area contributed by atoms with E-state index >= 15 is 0 Å². The molecule has 0 bridgehead atoms. The molecule has 2 aromatic carbocycles. The summed E-state index contributed by atoms with van der Waals surface area (Å²) in [5.74, 6) is 0.788. The molecule has 0 amide bonds. The number of halogens is 1. The molecule has 0 aliphatic carbocycles. The summed E-state index contributed by atoms with van der Waals surface area (Å²) < 4.78 is 9.05. The molecule has 3 nitrogen and oxygen atoms in total. The smallest absolute Gasteiger partial charge is 0.182 e. The van der Waals surface area contributed by atoms with Crippen LogP contribution in [0.15, 0.2) is 40.9 Å². The zero-order valence-electron chi connectivity index (χ0n) is 11.1. The minimum absolute atomic E-state index is 0.647. The Balaban J connectivity index is 2.37. The van der Waals surface area contributed by atoms with E-state index in [0.29, 0.717) is 4.77 Å². The van der Waals surface area contributed by atoms with Gasteiger partial charge in [-0.05, 0) is 64.9 Å². The van der Waals surface area contributed by atoms with Crippen molar-refractivity contribution in [2.45, 2.75) is 6.92 Å². The first kappa shape index (κ1) is 13.4. The van der Waals surface area contributed by atoms with Crippen LogP contribution in [0.3, 0.4) is 0 Å². The van der Waals surface area contributed by atoms with E-state index in [0.717, 1.165) is 26.9 Å². The SMILES string of the molecule is COc1cccc2c1[nH]c(=S)n2-c1ccc(C)cc1Br. The Morgan fingerprint density at radius 1 is 1.25 bits per heavy atom. The van der Waals surface area contributed by atoms with Crippen molar-refractivity contribution in [1.82, 2.24) is 9.55 Å². The molecule has 0 aliphatic rings. The normalized spacial score (nSPS) is 10.9. The van der Waals surface area contributed by atoms with Crippen LogP contribution in [0.2, 0.25) is 0 Å². The molecule has 5 heteroatoms. The van der Waals surface area contributed by atoms with Crippen LogP contribution < -0.4 is 4.74 Å². The van der Waals surface area contributed by atoms with Crippen LogP contribution in [0.25, 0.3) is 16.7 Å². The Hall–Kier alpha value is -1.59. The molecule has 3 rings (SSSR count). The number of methoxy groups -OCH3 is 1. The summed E-state index contributed by atoms with van der Waals surface area (Å²) >= 11 is 9.08. The van der Waals surface area contributed by atoms with E-state index in [1.54, 1.807) is 7.11 Å². The van der Waals surface area contributed by atoms with Gasteiger partial charge in [-0.2, -0.15) is 0 Å². The van der Waals surface area contributed by atoms with Crippen molar-refractivity contribution in [3.63, 3.8) is 0 Å². The van der Waals surface area contributed by atoms with Crippen molar-refractivity contribution < 1.29 is 4.74 Å². The second-order valence-electron chi connectivity index (χ2n) is 4.57. The molecule has 20 heavy (non-hydrogen) atoms. The third kappa shape index (κ3) is 2.07. The van der Waals surface area contributed by atoms with Gasteiger partial charge in [-0.15, -0.1) is 0 Å². The summed E-state index contributed by atoms with van der Waals surface area (Å²) in [7, 11) is 1.66. The van der Waals surface area contributed by atoms with Crippen molar-refractivity contribution >= 4 is 39.2 Å². The van der Waals surface area contributed by atoms with Gasteiger partial charge in [-0.3, -0.25) is 4.57 Å². The number of para-hydroxylation sites is 1. The lowest BCUT2D eigenvalue weighted by Gasteiger charge is -2.08. The summed E-state index contributed by atoms with van der Waals surface area (Å²) in [6, 6.07) is 12.1. The Morgan fingerprint density at radius 2 is 2.05 bits per heavy atom. The number of hydrogen-bond acceptors (Lipinski definition) is 2. The molecule has 0 saturated carbocycles. The van der Waals surface area contributed by atoms with Gasteiger partial charge in [0, 0.05) is 4.47 Å². The van der Waals surface area contributed by atoms with Gasteiger partial charge in [0.2, 0.25) is 0 Å². The lowest BCUT2D eigenvalue weighted by atomic mass is 10.2. The molecule has 0 unspecified atom stereocenters. The lowest BCUT2D eigenvalue weighted by Crippen LogP contribution is -1.95. The molecular formula is C15H13BrN2OS. The summed E-state index contributed by atoms with van der Waals surface area (Å²) in [5, 5.41) is 0. The fraction of sp³-hybridized carbons (Fsp3) is 0.133. The van der Waals surface area contributed by atoms with E-state index in [2.05, 4.69) is 46.0 Å². The van der Waals surface area contributed by atoms with Gasteiger partial charge in [0.1, 0.15) is 11.3 Å². The molecule has 1 aromatic heterocycles. The Kier molecular flexibility index (Phi) is 3.40. The molecule has 102 valence electrons. The second-order valence-corrected chi connectivity index (χ2v) is 5.82. The number of imidazole rings is 1. The molecule has 0 spiro atoms. The molecule has 3 aromatic rings. The van der Waals surface area contributed by atoms with Crippen LogP contribution in [-0.2, 0) is 0 Å². The molecule has 0 aliphatic heterocycles. The number of benzene rings is 2. The van der Waals surface area contributed by atoms with Crippen molar-refractivity contribution in [3.05, 3.63) is 51.2 Å². The zero-order valence-corrected chi connectivity index (χ0v) is 13.5. The van der Waals surface area contributed by atoms with Crippen LogP contribution in [0, 0.1) is 11.7 Å². The first-order valence-corrected chi connectivity index (χ1v) is 7.36. The molecule has 1 heterocycles. The molecule has 0 saturated heterocycles. The average molecular weight is 349 g/mol. The highest BCUT2D eigenvalue weighted by molar-refractivity contribution is 9.10. The number of H-pyrrole nitrogens is 1. The fourth-order valence-electron chi connectivity index (χ4n) is 2.31. The standard InChI is InChI=1S/C15H13BrN2OS/c1-9-6-7-11(10(16)8-9)18-12-4-3-5-13(19-2)14(12)17-15(18)20/h3-8H,1-2H3,(H,17,20). The number of hydrogen-bond donors (Lipinski definition) is 1. The molecule has 1 N–H and O–H groups in total. The van der Waals surface area contributed by atoms with Crippen molar-refractivity contribution in [3.8, 4) is 11.4 Å². The third-order valence-corrected chi connectivity index (χ3v) is 4.16. The number of nitrogens with one attached hydrogen (secondary N) is 1. The summed E-state index contributed by atoms with van der Waals surface area (Å²) in [6.45, 7) is 2.06. The monoisotopic (exact) mass is 348 g/mol. The minimum atomic E-state index is 0.647. The topological polar surface area (TPSA) is 29.9 Å². The predicted molar refractivity (Wildman–Crippen MR) is 87.4 cm³/mol. The summed E-state index contributed by atoms with van der Waals surface area (Å²) in [5.41, 5.74) is 4.12. The predicted octanol–water partition coefficient (Wildman–Crippen LogP) is 4.77. The van der Waals surface area contributed by atoms with E-state index < -0.39 is 0 Å². The number of ether oxygens (including phenoxy) is 1. The van der Waals surface area contributed by atoms with Crippen LogP contribution in [0.1, 0.15) is 5.56 Å². The average Bonchev–Trinajstić information content (AvgIpc) is 2.75. The highest BCUT2D eigenvalue weighted by Gasteiger charge is 2.12. The van der Waals surface area contributed by atoms with Gasteiger partial charge in [0.15, 0.2) is 4.77 Å². The van der Waals surface area contributed by atoms with E-state index in [1.807, 2.05) is 22.8 Å². The van der Waals surface area contributed by atoms with E-state index in [1.165, 1.54) is 5.56 Å². The molecule has 0 atom stereocenters. The maximum absolute atomic E-state index is 5.47. The van der Waals surface area contributed by atoms with Crippen LogP contribution >= 0.6 is 28.1 Å². The summed E-state index contributed by atoms with van der Waals surface area (Å²) in [4.78, 5) is 3.22. The number of aromatic nitrogens is 2. The van der Waals surface area contributed by atoms with Crippen molar-refractivity contribution in [2.24, 2.45) is 0 Å². The van der Waals surface area contributed by atoms with Crippen molar-refractivity contribution in [2.75, 3.05) is 7.11 Å². The number of rotatable bonds is 2. The van der Waals surface area contributed by atoms with Gasteiger partial charge in [0.05, 0.1) is 18.3 Å². The maximum atomic E-state index is 5.47. The van der Waals surface area contributed by atoms with E-state index in [4.69, 9.17) is 17.0 Å². The third-order valence-electron chi connectivity index (χ3n) is 3.24. The van der Waals surface area contributed by atoms with E-state index in [-0.39, 0.29) is 0 Å². The zero-order chi connectivity index (χ0) is 14.3. The van der Waals surface area contributed by atoms with E-state index in [9.17, 15) is 0 Å². The van der Waals surface area contributed by atoms with Gasteiger partial charge in [0.25, 0.3) is 0 Å². The lowest BCUT2D eigenvalue weighted by molar-refractivity contribution is 0.419. The van der Waals surface area contributed by atoms with Gasteiger partial charge < -0.3 is 9.72 Å². The number of aryl methyl sites for hydroxylation is 1. The van der Waals surface area contributed by atoms with Gasteiger partial charge >= 0.3 is 0 Å². The fourth-order valence-corrected chi connectivity index (χ4v) is 3.28. The summed E-state index contributed by atoms with van der Waals surface area (Å²) in [6.07, 6.45) is 0. The van der Waals surface area contributed by atoms with Crippen molar-refractivity contribution in [1.29, 1.82) is 0 Å². The molecule has 0 radical (unpaired) electrons. The highest BCUT2D eigenvalue weighted by Crippen LogP contribution is 2.30. The molecular weight excluding hydrogens is 336 g/mol. The maximum Gasteiger partial charge on any atom is 0.182 e. The quantitative estimate of drug-likeness (QED) is 0.676. The molecule has 0 fully saturated rings. The number of fused-ring (bicyclic) bond motifs is 1. The highest BCUT2D eigenvalue weighted by atomic mass is 79.9. The van der Waals surface area contributed by atoms with Gasteiger partial charge in [-0.1, -0.05) is 12.1 Å². The largest absolute Gasteiger partial charge is 0.494 e. The first-order chi connectivity index (χ1) is 9.61. The Morgan fingerprint density at radius 3 is 2.75 bits per heavy atom. The number of aromatic amines is 1. The Labute approximate surface area is 130 Å². The van der Waals surface area contributed by atoms with Crippen LogP contribution in [-0.4, -0.2) is 16.7 Å².